The molecule has 0 aliphatic carbocycles. The topological polar surface area (TPSA) is 65.5 Å². The van der Waals surface area contributed by atoms with E-state index in [1.54, 1.807) is 0 Å². The molecule has 5 heteroatoms. The number of nitrogens with zero attached hydrogens (tertiary/aromatic N) is 1. The fourth-order valence-electron chi connectivity index (χ4n) is 3.51. The predicted molar refractivity (Wildman–Crippen MR) is 76.7 cm³/mol. The van der Waals surface area contributed by atoms with Crippen molar-refractivity contribution >= 4 is 0 Å². The molecule has 0 saturated carbocycles. The Morgan fingerprint density at radius 1 is 1.25 bits per heavy atom. The Balaban J connectivity index is 1.99. The van der Waals surface area contributed by atoms with Crippen molar-refractivity contribution in [3.63, 3.8) is 0 Å². The molecular formula is C15H29NO4. The van der Waals surface area contributed by atoms with Crippen LogP contribution in [0.4, 0.5) is 0 Å². The van der Waals surface area contributed by atoms with Crippen molar-refractivity contribution in [2.75, 3.05) is 26.4 Å². The van der Waals surface area contributed by atoms with Crippen molar-refractivity contribution in [1.82, 2.24) is 4.90 Å². The van der Waals surface area contributed by atoms with E-state index in [0.717, 1.165) is 19.4 Å². The van der Waals surface area contributed by atoms with Gasteiger partial charge < -0.3 is 19.7 Å². The molecule has 0 aromatic heterocycles. The van der Waals surface area contributed by atoms with E-state index in [2.05, 4.69) is 32.6 Å². The summed E-state index contributed by atoms with van der Waals surface area (Å²) in [4.78, 5) is 2.30. The highest BCUT2D eigenvalue weighted by molar-refractivity contribution is 5.01. The van der Waals surface area contributed by atoms with Gasteiger partial charge in [-0.25, -0.2) is 0 Å². The van der Waals surface area contributed by atoms with E-state index in [0.29, 0.717) is 19.3 Å². The number of hydrogen-bond donors (Lipinski definition) is 2. The lowest BCUT2D eigenvalue weighted by Gasteiger charge is -2.55. The Morgan fingerprint density at radius 3 is 2.25 bits per heavy atom. The first-order valence-electron chi connectivity index (χ1n) is 7.54. The molecule has 0 aromatic rings. The number of epoxide rings is 1. The molecule has 20 heavy (non-hydrogen) atoms. The lowest BCUT2D eigenvalue weighted by Crippen LogP contribution is -2.64. The second-order valence-electron chi connectivity index (χ2n) is 7.39. The minimum absolute atomic E-state index is 0.0625. The fraction of sp³-hybridized carbons (Fsp3) is 1.00. The van der Waals surface area contributed by atoms with E-state index < -0.39 is 6.10 Å². The van der Waals surface area contributed by atoms with Gasteiger partial charge in [-0.3, -0.25) is 4.90 Å². The molecule has 2 fully saturated rings. The molecule has 5 nitrogen and oxygen atoms in total. The van der Waals surface area contributed by atoms with Crippen LogP contribution in [0.2, 0.25) is 0 Å². The molecule has 0 aromatic carbocycles. The van der Waals surface area contributed by atoms with Crippen molar-refractivity contribution < 1.29 is 19.7 Å². The highest BCUT2D eigenvalue weighted by atomic mass is 16.6. The van der Waals surface area contributed by atoms with Crippen molar-refractivity contribution in [3.05, 3.63) is 0 Å². The van der Waals surface area contributed by atoms with Gasteiger partial charge in [-0.1, -0.05) is 0 Å². The third-order valence-corrected chi connectivity index (χ3v) is 4.44. The molecule has 2 rings (SSSR count). The van der Waals surface area contributed by atoms with Crippen LogP contribution < -0.4 is 0 Å². The van der Waals surface area contributed by atoms with E-state index in [1.807, 2.05) is 0 Å². The lowest BCUT2D eigenvalue weighted by molar-refractivity contribution is -0.120. The third kappa shape index (κ3) is 3.92. The smallest absolute Gasteiger partial charge is 0.104 e. The van der Waals surface area contributed by atoms with Crippen LogP contribution in [0.5, 0.6) is 0 Å². The minimum Gasteiger partial charge on any atom is -0.394 e. The summed E-state index contributed by atoms with van der Waals surface area (Å²) in [7, 11) is 0. The largest absolute Gasteiger partial charge is 0.394 e. The molecule has 0 radical (unpaired) electrons. The van der Waals surface area contributed by atoms with Crippen LogP contribution in [0.25, 0.3) is 0 Å². The van der Waals surface area contributed by atoms with Gasteiger partial charge in [-0.2, -0.15) is 0 Å². The van der Waals surface area contributed by atoms with Crippen molar-refractivity contribution in [2.45, 2.75) is 69.9 Å². The van der Waals surface area contributed by atoms with Crippen LogP contribution >= 0.6 is 0 Å². The first-order valence-corrected chi connectivity index (χ1v) is 7.54. The van der Waals surface area contributed by atoms with Gasteiger partial charge in [0, 0.05) is 17.6 Å². The maximum absolute atomic E-state index is 9.79. The molecule has 0 amide bonds. The SMILES string of the molecule is CC1(C)CC(OCC2CO2)CC(C)(C)N1CC(O)CO. The monoisotopic (exact) mass is 287 g/mol. The number of ether oxygens (including phenoxy) is 2. The molecular weight excluding hydrogens is 258 g/mol. The maximum Gasteiger partial charge on any atom is 0.104 e. The number of likely N-dealkylation sites (tertiary alicyclic amines) is 1. The molecule has 0 spiro atoms. The highest BCUT2D eigenvalue weighted by Gasteiger charge is 2.46. The second-order valence-corrected chi connectivity index (χ2v) is 7.39. The zero-order valence-electron chi connectivity index (χ0n) is 13.1. The number of aliphatic hydroxyl groups is 2. The number of β-amino-alcohol motifs (C(OH)–C–C–N with tert-alkyl or cyclic N) is 1. The van der Waals surface area contributed by atoms with E-state index in [1.165, 1.54) is 0 Å². The fourth-order valence-corrected chi connectivity index (χ4v) is 3.51. The van der Waals surface area contributed by atoms with Gasteiger partial charge >= 0.3 is 0 Å². The lowest BCUT2D eigenvalue weighted by atomic mass is 9.78. The van der Waals surface area contributed by atoms with Gasteiger partial charge in [0.25, 0.3) is 0 Å². The zero-order valence-corrected chi connectivity index (χ0v) is 13.1. The number of aliphatic hydroxyl groups excluding tert-OH is 2. The summed E-state index contributed by atoms with van der Waals surface area (Å²) < 4.78 is 11.2. The summed E-state index contributed by atoms with van der Waals surface area (Å²) in [6.07, 6.45) is 1.70. The third-order valence-electron chi connectivity index (χ3n) is 4.44. The second kappa shape index (κ2) is 5.89. The van der Waals surface area contributed by atoms with Gasteiger partial charge in [-0.15, -0.1) is 0 Å². The van der Waals surface area contributed by atoms with Gasteiger partial charge in [-0.05, 0) is 40.5 Å². The first-order chi connectivity index (χ1) is 9.24. The molecule has 2 saturated heterocycles. The minimum atomic E-state index is -0.689. The van der Waals surface area contributed by atoms with Crippen molar-refractivity contribution in [1.29, 1.82) is 0 Å². The normalized spacial score (nSPS) is 31.2. The Labute approximate surface area is 121 Å². The molecule has 2 atom stereocenters. The average molecular weight is 287 g/mol. The van der Waals surface area contributed by atoms with Crippen LogP contribution in [0.15, 0.2) is 0 Å². The molecule has 118 valence electrons. The quantitative estimate of drug-likeness (QED) is 0.707. The van der Waals surface area contributed by atoms with Gasteiger partial charge in [0.2, 0.25) is 0 Å². The standard InChI is InChI=1S/C15H29NO4/c1-14(2)5-12(19-9-13-10-20-13)6-15(3,4)16(14)7-11(18)8-17/h11-13,17-18H,5-10H2,1-4H3. The molecule has 2 N–H and O–H groups in total. The summed E-state index contributed by atoms with van der Waals surface area (Å²) in [5.41, 5.74) is -0.125. The summed E-state index contributed by atoms with van der Waals surface area (Å²) in [5.74, 6) is 0. The van der Waals surface area contributed by atoms with Crippen LogP contribution in [-0.2, 0) is 9.47 Å². The number of hydrogen-bond acceptors (Lipinski definition) is 5. The number of piperidine rings is 1. The molecule has 2 aliphatic heterocycles. The Kier molecular flexibility index (Phi) is 4.76. The van der Waals surface area contributed by atoms with E-state index in [9.17, 15) is 5.11 Å². The summed E-state index contributed by atoms with van der Waals surface area (Å²) in [6.45, 7) is 10.6. The van der Waals surface area contributed by atoms with Crippen molar-refractivity contribution in [2.24, 2.45) is 0 Å². The molecule has 2 unspecified atom stereocenters. The van der Waals surface area contributed by atoms with Crippen molar-refractivity contribution in [3.8, 4) is 0 Å². The van der Waals surface area contributed by atoms with E-state index in [-0.39, 0.29) is 23.8 Å². The maximum atomic E-state index is 9.79. The Morgan fingerprint density at radius 2 is 1.80 bits per heavy atom. The van der Waals surface area contributed by atoms with Gasteiger partial charge in [0.1, 0.15) is 6.10 Å². The Bertz CT molecular complexity index is 310. The van der Waals surface area contributed by atoms with Gasteiger partial charge in [0.05, 0.1) is 32.0 Å². The van der Waals surface area contributed by atoms with Crippen LogP contribution in [0.3, 0.4) is 0 Å². The highest BCUT2D eigenvalue weighted by Crippen LogP contribution is 2.39. The first kappa shape index (κ1) is 16.2. The summed E-state index contributed by atoms with van der Waals surface area (Å²) in [5, 5.41) is 18.9. The zero-order chi connectivity index (χ0) is 15.0. The van der Waals surface area contributed by atoms with Crippen LogP contribution in [-0.4, -0.2) is 70.9 Å². The Hall–Kier alpha value is -0.200. The van der Waals surface area contributed by atoms with Crippen LogP contribution in [0.1, 0.15) is 40.5 Å². The van der Waals surface area contributed by atoms with Crippen LogP contribution in [0, 0.1) is 0 Å². The summed E-state index contributed by atoms with van der Waals surface area (Å²) in [6, 6.07) is 0. The number of rotatable bonds is 6. The molecule has 2 aliphatic rings. The van der Waals surface area contributed by atoms with E-state index >= 15 is 0 Å². The summed E-state index contributed by atoms with van der Waals surface area (Å²) >= 11 is 0. The molecule has 0 bridgehead atoms. The predicted octanol–water partition coefficient (Wildman–Crippen LogP) is 0.777. The van der Waals surface area contributed by atoms with Gasteiger partial charge in [0.15, 0.2) is 0 Å². The van der Waals surface area contributed by atoms with E-state index in [4.69, 9.17) is 14.6 Å². The molecule has 2 heterocycles. The average Bonchev–Trinajstić information content (AvgIpc) is 3.14.